The van der Waals surface area contributed by atoms with E-state index in [0.717, 1.165) is 34.3 Å². The Morgan fingerprint density at radius 1 is 1.11 bits per heavy atom. The lowest BCUT2D eigenvalue weighted by atomic mass is 9.87. The van der Waals surface area contributed by atoms with Gasteiger partial charge in [-0.3, -0.25) is 9.59 Å². The zero-order valence-corrected chi connectivity index (χ0v) is 21.5. The second-order valence-corrected chi connectivity index (χ2v) is 11.8. The third-order valence-electron chi connectivity index (χ3n) is 7.33. The average Bonchev–Trinajstić information content (AvgIpc) is 3.56. The first-order valence-corrected chi connectivity index (χ1v) is 13.1. The molecule has 2 aliphatic rings. The molecule has 2 atom stereocenters. The number of Topliss-reactive ketones (excluding diaryl/α,β-unsaturated/α-hetero) is 1. The lowest BCUT2D eigenvalue weighted by Crippen LogP contribution is -2.52. The molecule has 6 heteroatoms. The van der Waals surface area contributed by atoms with Crippen LogP contribution in [0.4, 0.5) is 5.69 Å². The molecule has 0 spiro atoms. The lowest BCUT2D eigenvalue weighted by Gasteiger charge is -2.34. The maximum Gasteiger partial charge on any atom is 0.243 e. The summed E-state index contributed by atoms with van der Waals surface area (Å²) in [6.07, 6.45) is 5.81. The van der Waals surface area contributed by atoms with Crippen molar-refractivity contribution in [2.45, 2.75) is 65.0 Å². The van der Waals surface area contributed by atoms with Gasteiger partial charge in [-0.1, -0.05) is 51.1 Å². The van der Waals surface area contributed by atoms with Crippen LogP contribution >= 0.6 is 0 Å². The highest BCUT2D eigenvalue weighted by atomic mass is 16.3. The van der Waals surface area contributed by atoms with Crippen molar-refractivity contribution in [2.75, 3.05) is 18.1 Å². The zero-order chi connectivity index (χ0) is 25.4. The summed E-state index contributed by atoms with van der Waals surface area (Å²) in [5.74, 6) is 0.614. The van der Waals surface area contributed by atoms with Crippen LogP contribution in [0.15, 0.2) is 48.7 Å². The van der Waals surface area contributed by atoms with Crippen molar-refractivity contribution in [3.8, 4) is 0 Å². The zero-order valence-electron chi connectivity index (χ0n) is 21.5. The van der Waals surface area contributed by atoms with E-state index in [9.17, 15) is 14.7 Å². The Hall–Kier alpha value is -3.12. The fourth-order valence-electron chi connectivity index (χ4n) is 5.39. The van der Waals surface area contributed by atoms with Gasteiger partial charge in [0.05, 0.1) is 18.2 Å². The molecule has 0 radical (unpaired) electrons. The van der Waals surface area contributed by atoms with Gasteiger partial charge in [-0.25, -0.2) is 0 Å². The summed E-state index contributed by atoms with van der Waals surface area (Å²) in [6.45, 7) is 6.89. The molecule has 3 N–H and O–H groups in total. The summed E-state index contributed by atoms with van der Waals surface area (Å²) < 4.78 is 0. The third-order valence-corrected chi connectivity index (χ3v) is 7.33. The second-order valence-electron chi connectivity index (χ2n) is 11.8. The van der Waals surface area contributed by atoms with Crippen molar-refractivity contribution in [3.05, 3.63) is 65.4 Å². The van der Waals surface area contributed by atoms with E-state index in [1.54, 1.807) is 0 Å². The first kappa shape index (κ1) is 24.6. The number of anilines is 1. The van der Waals surface area contributed by atoms with Crippen molar-refractivity contribution in [1.82, 2.24) is 10.3 Å². The summed E-state index contributed by atoms with van der Waals surface area (Å²) in [6, 6.07) is 13.3. The fourth-order valence-corrected chi connectivity index (χ4v) is 5.39. The standard InChI is InChI=1S/C30H37N3O3/c1-30(2,3)15-26(35)23-11-12-24-27-21(16-31-28(23)27)14-22(18-34)32-29(36)25(33(24)17-20-9-10-20)13-19-7-5-4-6-8-19/h4-8,11-12,16,20,22,25,31,34H,9-10,13-15,17-18H2,1-3H3,(H,32,36)/t22-,25-/m0/s1. The molecule has 5 rings (SSSR count). The van der Waals surface area contributed by atoms with Crippen LogP contribution in [-0.4, -0.2) is 47.0 Å². The largest absolute Gasteiger partial charge is 0.394 e. The molecule has 0 bridgehead atoms. The highest BCUT2D eigenvalue weighted by molar-refractivity contribution is 6.11. The van der Waals surface area contributed by atoms with Gasteiger partial charge in [-0.2, -0.15) is 0 Å². The molecular formula is C30H37N3O3. The van der Waals surface area contributed by atoms with Gasteiger partial charge >= 0.3 is 0 Å². The van der Waals surface area contributed by atoms with E-state index >= 15 is 0 Å². The van der Waals surface area contributed by atoms with Crippen LogP contribution in [0, 0.1) is 11.3 Å². The van der Waals surface area contributed by atoms with Gasteiger partial charge in [0, 0.05) is 42.2 Å². The van der Waals surface area contributed by atoms with Crippen molar-refractivity contribution in [1.29, 1.82) is 0 Å². The summed E-state index contributed by atoms with van der Waals surface area (Å²) >= 11 is 0. The van der Waals surface area contributed by atoms with E-state index < -0.39 is 12.1 Å². The second kappa shape index (κ2) is 9.74. The Balaban J connectivity index is 1.66. The lowest BCUT2D eigenvalue weighted by molar-refractivity contribution is -0.123. The van der Waals surface area contributed by atoms with Crippen molar-refractivity contribution < 1.29 is 14.7 Å². The Morgan fingerprint density at radius 3 is 2.53 bits per heavy atom. The van der Waals surface area contributed by atoms with Gasteiger partial charge in [0.15, 0.2) is 5.78 Å². The van der Waals surface area contributed by atoms with Gasteiger partial charge in [0.1, 0.15) is 6.04 Å². The van der Waals surface area contributed by atoms with E-state index in [4.69, 9.17) is 0 Å². The number of rotatable bonds is 7. The van der Waals surface area contributed by atoms with E-state index in [2.05, 4.69) is 48.1 Å². The van der Waals surface area contributed by atoms with Crippen LogP contribution in [0.1, 0.15) is 61.5 Å². The molecular weight excluding hydrogens is 450 g/mol. The molecule has 1 amide bonds. The number of H-pyrrole nitrogens is 1. The number of aliphatic hydroxyl groups excluding tert-OH is 1. The molecule has 0 saturated heterocycles. The smallest absolute Gasteiger partial charge is 0.243 e. The maximum absolute atomic E-state index is 13.7. The number of nitrogens with zero attached hydrogens (tertiary/aromatic N) is 1. The average molecular weight is 488 g/mol. The first-order valence-electron chi connectivity index (χ1n) is 13.1. The molecule has 1 fully saturated rings. The van der Waals surface area contributed by atoms with Crippen LogP contribution in [0.2, 0.25) is 0 Å². The fraction of sp³-hybridized carbons (Fsp3) is 0.467. The highest BCUT2D eigenvalue weighted by Gasteiger charge is 2.36. The molecule has 1 aliphatic carbocycles. The van der Waals surface area contributed by atoms with E-state index in [1.165, 1.54) is 12.8 Å². The van der Waals surface area contributed by atoms with Crippen molar-refractivity contribution >= 4 is 28.3 Å². The van der Waals surface area contributed by atoms with Crippen LogP contribution in [-0.2, 0) is 17.6 Å². The third kappa shape index (κ3) is 5.19. The predicted molar refractivity (Wildman–Crippen MR) is 143 cm³/mol. The minimum absolute atomic E-state index is 0.0614. The number of hydrogen-bond donors (Lipinski definition) is 3. The minimum Gasteiger partial charge on any atom is -0.394 e. The van der Waals surface area contributed by atoms with Gasteiger partial charge in [0.25, 0.3) is 0 Å². The van der Waals surface area contributed by atoms with E-state index in [0.29, 0.717) is 30.7 Å². The van der Waals surface area contributed by atoms with E-state index in [1.807, 2.05) is 36.5 Å². The Labute approximate surface area is 213 Å². The molecule has 1 aromatic heterocycles. The molecule has 1 saturated carbocycles. The number of benzene rings is 2. The van der Waals surface area contributed by atoms with Gasteiger partial charge < -0.3 is 20.3 Å². The number of ketones is 1. The Kier molecular flexibility index (Phi) is 6.64. The quantitative estimate of drug-likeness (QED) is 0.424. The molecule has 0 unspecified atom stereocenters. The van der Waals surface area contributed by atoms with Gasteiger partial charge in [-0.05, 0) is 53.9 Å². The van der Waals surface area contributed by atoms with E-state index in [-0.39, 0.29) is 23.7 Å². The number of aliphatic hydroxyl groups is 1. The molecule has 1 aliphatic heterocycles. The predicted octanol–water partition coefficient (Wildman–Crippen LogP) is 4.65. The summed E-state index contributed by atoms with van der Waals surface area (Å²) in [5, 5.41) is 14.3. The molecule has 190 valence electrons. The number of amides is 1. The van der Waals surface area contributed by atoms with Crippen LogP contribution in [0.3, 0.4) is 0 Å². The molecule has 3 aromatic rings. The van der Waals surface area contributed by atoms with Gasteiger partial charge in [-0.15, -0.1) is 0 Å². The number of aromatic nitrogens is 1. The number of hydrogen-bond acceptors (Lipinski definition) is 4. The van der Waals surface area contributed by atoms with Crippen LogP contribution in [0.5, 0.6) is 0 Å². The number of aromatic amines is 1. The normalized spacial score (nSPS) is 20.6. The number of carbonyl (C=O) groups is 2. The maximum atomic E-state index is 13.7. The van der Waals surface area contributed by atoms with Crippen LogP contribution in [0.25, 0.3) is 10.9 Å². The van der Waals surface area contributed by atoms with Crippen LogP contribution < -0.4 is 10.2 Å². The van der Waals surface area contributed by atoms with Gasteiger partial charge in [0.2, 0.25) is 5.91 Å². The first-order chi connectivity index (χ1) is 17.2. The number of nitrogens with one attached hydrogen (secondary N) is 2. The summed E-state index contributed by atoms with van der Waals surface area (Å²) in [4.78, 5) is 32.7. The van der Waals surface area contributed by atoms with Crippen molar-refractivity contribution in [3.63, 3.8) is 0 Å². The summed E-state index contributed by atoms with van der Waals surface area (Å²) in [7, 11) is 0. The molecule has 6 nitrogen and oxygen atoms in total. The SMILES string of the molecule is CC(C)(C)CC(=O)c1ccc2c3c(c[nH]c13)C[C@@H](CO)NC(=O)[C@H](Cc1ccccc1)N2CC1CC1. The minimum atomic E-state index is -0.415. The monoisotopic (exact) mass is 487 g/mol. The Bertz CT molecular complexity index is 1250. The Morgan fingerprint density at radius 2 is 1.86 bits per heavy atom. The number of carbonyl (C=O) groups excluding carboxylic acids is 2. The topological polar surface area (TPSA) is 85.4 Å². The molecule has 36 heavy (non-hydrogen) atoms. The molecule has 2 aromatic carbocycles. The highest BCUT2D eigenvalue weighted by Crippen LogP contribution is 2.39. The molecule has 2 heterocycles. The van der Waals surface area contributed by atoms with Crippen molar-refractivity contribution in [2.24, 2.45) is 11.3 Å². The summed E-state index contributed by atoms with van der Waals surface area (Å²) in [5.41, 5.74) is 4.53.